The van der Waals surface area contributed by atoms with Crippen LogP contribution in [0.1, 0.15) is 49.3 Å². The average molecular weight is 486 g/mol. The van der Waals surface area contributed by atoms with Crippen LogP contribution in [0.15, 0.2) is 53.0 Å². The fraction of sp³-hybridized carbons (Fsp3) is 0.375. The molecule has 0 atom stereocenters. The third kappa shape index (κ3) is 6.66. The van der Waals surface area contributed by atoms with Crippen molar-refractivity contribution in [1.29, 1.82) is 0 Å². The van der Waals surface area contributed by atoms with Gasteiger partial charge in [-0.3, -0.25) is 9.59 Å². The summed E-state index contributed by atoms with van der Waals surface area (Å²) in [5.74, 6) is 0.578. The molecule has 0 aliphatic rings. The van der Waals surface area contributed by atoms with E-state index in [1.807, 2.05) is 54.8 Å². The van der Waals surface area contributed by atoms with Crippen LogP contribution in [-0.4, -0.2) is 34.1 Å². The van der Waals surface area contributed by atoms with Gasteiger partial charge in [-0.2, -0.15) is 0 Å². The summed E-state index contributed by atoms with van der Waals surface area (Å²) in [5.41, 5.74) is 2.49. The Morgan fingerprint density at radius 2 is 1.81 bits per heavy atom. The van der Waals surface area contributed by atoms with Gasteiger partial charge in [-0.05, 0) is 63.1 Å². The topological polar surface area (TPSA) is 73.2 Å². The quantitative estimate of drug-likeness (QED) is 0.327. The Labute approximate surface area is 191 Å². The van der Waals surface area contributed by atoms with E-state index in [9.17, 15) is 9.59 Å². The third-order valence-corrected chi connectivity index (χ3v) is 5.39. The molecule has 0 spiro atoms. The number of imidazole rings is 1. The zero-order valence-corrected chi connectivity index (χ0v) is 19.5. The van der Waals surface area contributed by atoms with Crippen LogP contribution in [0.4, 0.5) is 0 Å². The zero-order valence-electron chi connectivity index (χ0n) is 17.9. The number of hydrogen-bond donors (Lipinski definition) is 1. The normalized spacial score (nSPS) is 11.1. The molecular weight excluding hydrogens is 458 g/mol. The molecule has 0 saturated heterocycles. The molecule has 0 saturated carbocycles. The van der Waals surface area contributed by atoms with E-state index < -0.39 is 0 Å². The minimum absolute atomic E-state index is 0.0574. The second kappa shape index (κ2) is 11.1. The molecule has 3 rings (SSSR count). The number of ether oxygens (including phenoxy) is 1. The highest BCUT2D eigenvalue weighted by molar-refractivity contribution is 9.10. The predicted molar refractivity (Wildman–Crippen MR) is 125 cm³/mol. The Balaban J connectivity index is 1.50. The van der Waals surface area contributed by atoms with E-state index in [-0.39, 0.29) is 24.5 Å². The van der Waals surface area contributed by atoms with E-state index in [2.05, 4.69) is 21.2 Å². The zero-order chi connectivity index (χ0) is 22.2. The summed E-state index contributed by atoms with van der Waals surface area (Å²) in [6, 6.07) is 15.2. The number of rotatable bonds is 10. The molecule has 1 heterocycles. The maximum absolute atomic E-state index is 12.2. The van der Waals surface area contributed by atoms with Crippen LogP contribution in [0.5, 0.6) is 0 Å². The Bertz CT molecular complexity index is 1030. The van der Waals surface area contributed by atoms with E-state index in [0.717, 1.165) is 47.0 Å². The molecule has 0 radical (unpaired) electrons. The largest absolute Gasteiger partial charge is 0.462 e. The van der Waals surface area contributed by atoms with Crippen LogP contribution in [0, 0.1) is 0 Å². The van der Waals surface area contributed by atoms with Crippen molar-refractivity contribution in [3.63, 3.8) is 0 Å². The third-order valence-electron chi connectivity index (χ3n) is 4.86. The fourth-order valence-electron chi connectivity index (χ4n) is 3.41. The number of carbonyl (C=O) groups excluding carboxylic acids is 2. The van der Waals surface area contributed by atoms with E-state index in [1.165, 1.54) is 0 Å². The Kier molecular flexibility index (Phi) is 8.23. The van der Waals surface area contributed by atoms with Gasteiger partial charge in [0.25, 0.3) is 5.91 Å². The van der Waals surface area contributed by atoms with Crippen LogP contribution in [0.3, 0.4) is 0 Å². The maximum atomic E-state index is 12.2. The number of benzene rings is 2. The summed E-state index contributed by atoms with van der Waals surface area (Å²) in [5, 5.41) is 2.96. The van der Waals surface area contributed by atoms with E-state index in [4.69, 9.17) is 9.72 Å². The Morgan fingerprint density at radius 1 is 1.06 bits per heavy atom. The number of unbranched alkanes of at least 4 members (excludes halogenated alkanes) is 2. The smallest absolute Gasteiger partial charge is 0.326 e. The van der Waals surface area contributed by atoms with Crippen molar-refractivity contribution in [3.8, 4) is 0 Å². The number of carbonyl (C=O) groups is 2. The van der Waals surface area contributed by atoms with Crippen LogP contribution in [0.2, 0.25) is 0 Å². The first-order valence-corrected chi connectivity index (χ1v) is 11.4. The second-order valence-corrected chi connectivity index (χ2v) is 8.63. The molecule has 0 fully saturated rings. The van der Waals surface area contributed by atoms with E-state index in [1.54, 1.807) is 12.1 Å². The van der Waals surface area contributed by atoms with E-state index >= 15 is 0 Å². The van der Waals surface area contributed by atoms with Gasteiger partial charge < -0.3 is 14.6 Å². The summed E-state index contributed by atoms with van der Waals surface area (Å²) in [4.78, 5) is 29.1. The fourth-order valence-corrected chi connectivity index (χ4v) is 3.68. The Hall–Kier alpha value is -2.67. The molecule has 0 unspecified atom stereocenters. The number of para-hydroxylation sites is 2. The van der Waals surface area contributed by atoms with Crippen molar-refractivity contribution in [2.45, 2.75) is 52.2 Å². The van der Waals surface area contributed by atoms with Gasteiger partial charge in [0.05, 0.1) is 17.1 Å². The molecule has 7 heteroatoms. The summed E-state index contributed by atoms with van der Waals surface area (Å²) >= 11 is 3.37. The molecule has 2 aromatic carbocycles. The molecule has 1 N–H and O–H groups in total. The SMILES string of the molecule is CC(C)OC(=O)Cn1c(CCCCCNC(=O)c2ccc(Br)cc2)nc2ccccc21. The van der Waals surface area contributed by atoms with Crippen LogP contribution in [0.25, 0.3) is 11.0 Å². The molecule has 3 aromatic rings. The lowest BCUT2D eigenvalue weighted by Crippen LogP contribution is -2.24. The summed E-state index contributed by atoms with van der Waals surface area (Å²) in [6.07, 6.45) is 3.40. The summed E-state index contributed by atoms with van der Waals surface area (Å²) < 4.78 is 8.23. The van der Waals surface area contributed by atoms with Crippen molar-refractivity contribution < 1.29 is 14.3 Å². The number of amides is 1. The monoisotopic (exact) mass is 485 g/mol. The summed E-state index contributed by atoms with van der Waals surface area (Å²) in [7, 11) is 0. The minimum Gasteiger partial charge on any atom is -0.462 e. The highest BCUT2D eigenvalue weighted by Crippen LogP contribution is 2.18. The lowest BCUT2D eigenvalue weighted by atomic mass is 10.1. The number of halogens is 1. The first kappa shape index (κ1) is 23.0. The standard InChI is InChI=1S/C24H28BrN3O3/c1-17(2)31-23(29)16-28-21-9-6-5-8-20(21)27-22(28)10-4-3-7-15-26-24(30)18-11-13-19(25)14-12-18/h5-6,8-9,11-14,17H,3-4,7,10,15-16H2,1-2H3,(H,26,30). The predicted octanol–water partition coefficient (Wildman–Crippen LogP) is 4.89. The van der Waals surface area contributed by atoms with E-state index in [0.29, 0.717) is 12.1 Å². The molecular formula is C24H28BrN3O3. The van der Waals surface area contributed by atoms with Crippen molar-refractivity contribution in [1.82, 2.24) is 14.9 Å². The summed E-state index contributed by atoms with van der Waals surface area (Å²) in [6.45, 7) is 4.49. The van der Waals surface area contributed by atoms with Gasteiger partial charge in [0.1, 0.15) is 12.4 Å². The second-order valence-electron chi connectivity index (χ2n) is 7.71. The van der Waals surface area contributed by atoms with Gasteiger partial charge in [0.15, 0.2) is 0 Å². The van der Waals surface area contributed by atoms with Gasteiger partial charge >= 0.3 is 5.97 Å². The van der Waals surface area contributed by atoms with Gasteiger partial charge in [-0.1, -0.05) is 34.5 Å². The van der Waals surface area contributed by atoms with Gasteiger partial charge in [-0.15, -0.1) is 0 Å². The molecule has 1 amide bonds. The molecule has 0 aliphatic carbocycles. The maximum Gasteiger partial charge on any atom is 0.326 e. The first-order valence-electron chi connectivity index (χ1n) is 10.6. The highest BCUT2D eigenvalue weighted by atomic mass is 79.9. The molecule has 6 nitrogen and oxygen atoms in total. The number of aromatic nitrogens is 2. The number of aryl methyl sites for hydroxylation is 1. The first-order chi connectivity index (χ1) is 14.9. The van der Waals surface area contributed by atoms with Crippen LogP contribution < -0.4 is 5.32 Å². The van der Waals surface area contributed by atoms with Crippen molar-refractivity contribution in [2.75, 3.05) is 6.54 Å². The number of nitrogens with zero attached hydrogens (tertiary/aromatic N) is 2. The Morgan fingerprint density at radius 3 is 2.55 bits per heavy atom. The minimum atomic E-state index is -0.255. The lowest BCUT2D eigenvalue weighted by Gasteiger charge is -2.11. The van der Waals surface area contributed by atoms with Crippen molar-refractivity contribution in [3.05, 3.63) is 64.4 Å². The molecule has 0 aliphatic heterocycles. The average Bonchev–Trinajstić information content (AvgIpc) is 3.07. The molecule has 31 heavy (non-hydrogen) atoms. The number of esters is 1. The number of nitrogens with one attached hydrogen (secondary N) is 1. The molecule has 0 bridgehead atoms. The number of fused-ring (bicyclic) bond motifs is 1. The molecule has 1 aromatic heterocycles. The number of hydrogen-bond acceptors (Lipinski definition) is 4. The van der Waals surface area contributed by atoms with Crippen molar-refractivity contribution in [2.24, 2.45) is 0 Å². The molecule has 164 valence electrons. The lowest BCUT2D eigenvalue weighted by molar-refractivity contribution is -0.148. The van der Waals surface area contributed by atoms with Gasteiger partial charge in [-0.25, -0.2) is 4.98 Å². The van der Waals surface area contributed by atoms with Crippen LogP contribution >= 0.6 is 15.9 Å². The highest BCUT2D eigenvalue weighted by Gasteiger charge is 2.15. The van der Waals surface area contributed by atoms with Crippen LogP contribution in [-0.2, 0) is 22.5 Å². The van der Waals surface area contributed by atoms with Crippen molar-refractivity contribution >= 4 is 38.8 Å². The van der Waals surface area contributed by atoms with Gasteiger partial charge in [0.2, 0.25) is 0 Å². The van der Waals surface area contributed by atoms with Gasteiger partial charge in [0, 0.05) is 23.0 Å².